The van der Waals surface area contributed by atoms with Gasteiger partial charge in [0.15, 0.2) is 5.82 Å². The van der Waals surface area contributed by atoms with E-state index in [-0.39, 0.29) is 48.7 Å². The summed E-state index contributed by atoms with van der Waals surface area (Å²) in [6.07, 6.45) is -0.439. The largest absolute Gasteiger partial charge is 0.474 e. The van der Waals surface area contributed by atoms with Crippen molar-refractivity contribution in [2.24, 2.45) is 5.92 Å². The number of hydrogen-bond donors (Lipinski definition) is 3. The lowest BCUT2D eigenvalue weighted by atomic mass is 9.87. The van der Waals surface area contributed by atoms with E-state index >= 15 is 0 Å². The predicted molar refractivity (Wildman–Crippen MR) is 133 cm³/mol. The first kappa shape index (κ1) is 26.7. The molecular formula is C25H32F2N6O4. The Hall–Kier alpha value is -3.38. The molecule has 0 radical (unpaired) electrons. The van der Waals surface area contributed by atoms with Crippen LogP contribution in [0.4, 0.5) is 14.7 Å². The van der Waals surface area contributed by atoms with E-state index in [1.807, 2.05) is 6.92 Å². The van der Waals surface area contributed by atoms with Crippen LogP contribution in [-0.2, 0) is 9.53 Å². The lowest BCUT2D eigenvalue weighted by molar-refractivity contribution is -0.126. The number of fused-ring (bicyclic) bond motifs is 1. The van der Waals surface area contributed by atoms with Crippen LogP contribution >= 0.6 is 0 Å². The van der Waals surface area contributed by atoms with Crippen LogP contribution in [0.1, 0.15) is 44.9 Å². The van der Waals surface area contributed by atoms with Crippen molar-refractivity contribution in [1.82, 2.24) is 24.8 Å². The summed E-state index contributed by atoms with van der Waals surface area (Å²) in [7, 11) is 0. The average molecular weight is 519 g/mol. The zero-order valence-electron chi connectivity index (χ0n) is 20.7. The number of nitrogens with zero attached hydrogens (tertiary/aromatic N) is 4. The van der Waals surface area contributed by atoms with Gasteiger partial charge in [-0.15, -0.1) is 0 Å². The maximum absolute atomic E-state index is 14.0. The third-order valence-corrected chi connectivity index (χ3v) is 6.18. The van der Waals surface area contributed by atoms with Crippen LogP contribution in [0, 0.1) is 5.92 Å². The molecule has 2 heterocycles. The molecule has 37 heavy (non-hydrogen) atoms. The SMILES string of the molecule is CCOCCNc1nc(O[C@H]2CC[C@H](C(=O)NCCO)CC2)cc(-n2c(C(F)F)nc3ccccc32)n1. The number of halogens is 2. The monoisotopic (exact) mass is 518 g/mol. The predicted octanol–water partition coefficient (Wildman–Crippen LogP) is 3.25. The van der Waals surface area contributed by atoms with Crippen LogP contribution in [0.2, 0.25) is 0 Å². The third-order valence-electron chi connectivity index (χ3n) is 6.18. The number of benzene rings is 1. The molecule has 1 fully saturated rings. The molecule has 1 aromatic carbocycles. The highest BCUT2D eigenvalue weighted by Gasteiger charge is 2.28. The first-order chi connectivity index (χ1) is 18.0. The summed E-state index contributed by atoms with van der Waals surface area (Å²) in [6.45, 7) is 3.46. The zero-order valence-corrected chi connectivity index (χ0v) is 20.7. The molecule has 0 unspecified atom stereocenters. The molecule has 0 aliphatic heterocycles. The van der Waals surface area contributed by atoms with Crippen LogP contribution in [0.5, 0.6) is 5.88 Å². The number of para-hydroxylation sites is 2. The molecule has 2 aromatic heterocycles. The fourth-order valence-electron chi connectivity index (χ4n) is 4.42. The number of rotatable bonds is 12. The van der Waals surface area contributed by atoms with E-state index < -0.39 is 12.2 Å². The van der Waals surface area contributed by atoms with Crippen LogP contribution in [-0.4, -0.2) is 69.5 Å². The van der Waals surface area contributed by atoms with Crippen molar-refractivity contribution in [2.45, 2.75) is 45.1 Å². The van der Waals surface area contributed by atoms with Gasteiger partial charge >= 0.3 is 0 Å². The number of carbonyl (C=O) groups is 1. The fraction of sp³-hybridized carbons (Fsp3) is 0.520. The molecule has 0 atom stereocenters. The molecule has 10 nitrogen and oxygen atoms in total. The molecule has 0 saturated heterocycles. The highest BCUT2D eigenvalue weighted by atomic mass is 19.3. The Morgan fingerprint density at radius 1 is 1.16 bits per heavy atom. The molecule has 1 aliphatic rings. The van der Waals surface area contributed by atoms with Gasteiger partial charge in [0, 0.05) is 31.7 Å². The molecule has 3 N–H and O–H groups in total. The van der Waals surface area contributed by atoms with E-state index in [0.717, 1.165) is 0 Å². The molecule has 0 spiro atoms. The van der Waals surface area contributed by atoms with E-state index in [9.17, 15) is 13.6 Å². The second-order valence-electron chi connectivity index (χ2n) is 8.71. The Bertz CT molecular complexity index is 1180. The lowest BCUT2D eigenvalue weighted by Gasteiger charge is -2.28. The van der Waals surface area contributed by atoms with Crippen molar-refractivity contribution in [3.63, 3.8) is 0 Å². The number of alkyl halides is 2. The van der Waals surface area contributed by atoms with Crippen LogP contribution < -0.4 is 15.4 Å². The van der Waals surface area contributed by atoms with Gasteiger partial charge in [-0.2, -0.15) is 9.97 Å². The second-order valence-corrected chi connectivity index (χ2v) is 8.71. The topological polar surface area (TPSA) is 123 Å². The first-order valence-corrected chi connectivity index (χ1v) is 12.5. The molecular weight excluding hydrogens is 486 g/mol. The van der Waals surface area contributed by atoms with Gasteiger partial charge in [-0.1, -0.05) is 12.1 Å². The quantitative estimate of drug-likeness (QED) is 0.312. The number of anilines is 1. The number of aliphatic hydroxyl groups excluding tert-OH is 1. The summed E-state index contributed by atoms with van der Waals surface area (Å²) in [5.74, 6) is 0.0704. The van der Waals surface area contributed by atoms with E-state index in [0.29, 0.717) is 56.5 Å². The van der Waals surface area contributed by atoms with E-state index in [2.05, 4.69) is 25.6 Å². The van der Waals surface area contributed by atoms with Gasteiger partial charge in [0.2, 0.25) is 17.7 Å². The van der Waals surface area contributed by atoms with Gasteiger partial charge in [-0.3, -0.25) is 9.36 Å². The molecule has 1 amide bonds. The second kappa shape index (κ2) is 12.7. The van der Waals surface area contributed by atoms with Gasteiger partial charge in [0.1, 0.15) is 11.9 Å². The minimum atomic E-state index is -2.81. The summed E-state index contributed by atoms with van der Waals surface area (Å²) in [5, 5.41) is 14.7. The summed E-state index contributed by atoms with van der Waals surface area (Å²) in [5.41, 5.74) is 0.930. The average Bonchev–Trinajstić information content (AvgIpc) is 3.30. The molecule has 0 bridgehead atoms. The number of imidazole rings is 1. The van der Waals surface area contributed by atoms with Crippen LogP contribution in [0.3, 0.4) is 0 Å². The van der Waals surface area contributed by atoms with Gasteiger partial charge in [-0.05, 0) is 44.7 Å². The molecule has 4 rings (SSSR count). The van der Waals surface area contributed by atoms with Crippen molar-refractivity contribution in [2.75, 3.05) is 38.2 Å². The number of aliphatic hydroxyl groups is 1. The summed E-state index contributed by atoms with van der Waals surface area (Å²) in [4.78, 5) is 25.3. The number of hydrogen-bond acceptors (Lipinski definition) is 8. The number of carbonyl (C=O) groups excluding carboxylic acids is 1. The van der Waals surface area contributed by atoms with Crippen molar-refractivity contribution in [1.29, 1.82) is 0 Å². The molecule has 12 heteroatoms. The molecule has 1 aliphatic carbocycles. The number of ether oxygens (including phenoxy) is 2. The zero-order chi connectivity index (χ0) is 26.2. The number of amides is 1. The van der Waals surface area contributed by atoms with Gasteiger partial charge in [0.05, 0.1) is 24.2 Å². The molecule has 3 aromatic rings. The van der Waals surface area contributed by atoms with Crippen molar-refractivity contribution in [3.8, 4) is 11.7 Å². The lowest BCUT2D eigenvalue weighted by Crippen LogP contribution is -2.36. The van der Waals surface area contributed by atoms with Gasteiger partial charge < -0.3 is 25.2 Å². The van der Waals surface area contributed by atoms with Gasteiger partial charge in [0.25, 0.3) is 6.43 Å². The minimum absolute atomic E-state index is 0.0656. The van der Waals surface area contributed by atoms with Crippen molar-refractivity contribution >= 4 is 22.9 Å². The van der Waals surface area contributed by atoms with E-state index in [1.54, 1.807) is 24.3 Å². The number of nitrogens with one attached hydrogen (secondary N) is 2. The van der Waals surface area contributed by atoms with Crippen molar-refractivity contribution in [3.05, 3.63) is 36.2 Å². The maximum Gasteiger partial charge on any atom is 0.296 e. The Morgan fingerprint density at radius 3 is 2.68 bits per heavy atom. The summed E-state index contributed by atoms with van der Waals surface area (Å²) in [6, 6.07) is 8.41. The fourth-order valence-corrected chi connectivity index (χ4v) is 4.42. The Balaban J connectivity index is 1.58. The van der Waals surface area contributed by atoms with Crippen LogP contribution in [0.25, 0.3) is 16.9 Å². The van der Waals surface area contributed by atoms with Crippen molar-refractivity contribution < 1.29 is 28.2 Å². The summed E-state index contributed by atoms with van der Waals surface area (Å²) < 4.78 is 40.8. The standard InChI is InChI=1S/C25H32F2N6O4/c1-2-36-14-12-29-25-31-20(33-19-6-4-3-5-18(19)30-23(33)22(26)27)15-21(32-25)37-17-9-7-16(8-10-17)24(35)28-11-13-34/h3-6,15-17,22,34H,2,7-14H2,1H3,(H,28,35)(H,29,31,32)/t16-,17-. The molecule has 200 valence electrons. The highest BCUT2D eigenvalue weighted by molar-refractivity contribution is 5.79. The van der Waals surface area contributed by atoms with Crippen LogP contribution in [0.15, 0.2) is 30.3 Å². The normalized spacial score (nSPS) is 17.8. The third kappa shape index (κ3) is 6.69. The highest BCUT2D eigenvalue weighted by Crippen LogP contribution is 2.31. The van der Waals surface area contributed by atoms with E-state index in [1.165, 1.54) is 10.6 Å². The Morgan fingerprint density at radius 2 is 1.95 bits per heavy atom. The molecule has 1 saturated carbocycles. The summed E-state index contributed by atoms with van der Waals surface area (Å²) >= 11 is 0. The Labute approximate surface area is 213 Å². The van der Waals surface area contributed by atoms with Gasteiger partial charge in [-0.25, -0.2) is 13.8 Å². The smallest absolute Gasteiger partial charge is 0.296 e. The van der Waals surface area contributed by atoms with E-state index in [4.69, 9.17) is 14.6 Å². The first-order valence-electron chi connectivity index (χ1n) is 12.5. The minimum Gasteiger partial charge on any atom is -0.474 e. The Kier molecular flexibility index (Phi) is 9.18. The number of aromatic nitrogens is 4. The maximum atomic E-state index is 14.0.